The Morgan fingerprint density at radius 1 is 1.17 bits per heavy atom. The zero-order chi connectivity index (χ0) is 20.7. The van der Waals surface area contributed by atoms with Crippen LogP contribution in [0.1, 0.15) is 56.7 Å². The molecule has 1 aliphatic heterocycles. The van der Waals surface area contributed by atoms with Gasteiger partial charge in [-0.15, -0.1) is 0 Å². The van der Waals surface area contributed by atoms with Crippen molar-refractivity contribution in [1.82, 2.24) is 24.0 Å². The largest absolute Gasteiger partial charge is 0.339 e. The Hall–Kier alpha value is -1.91. The fourth-order valence-corrected chi connectivity index (χ4v) is 6.33. The first-order valence-electron chi connectivity index (χ1n) is 10.5. The van der Waals surface area contributed by atoms with Crippen molar-refractivity contribution in [1.29, 1.82) is 0 Å². The molecule has 1 aromatic carbocycles. The second kappa shape index (κ2) is 7.97. The van der Waals surface area contributed by atoms with Crippen LogP contribution in [0.4, 0.5) is 0 Å². The number of nitrogens with zero attached hydrogens (tertiary/aromatic N) is 5. The van der Waals surface area contributed by atoms with Crippen LogP contribution in [0.2, 0.25) is 0 Å². The number of fused-ring (bicyclic) bond motifs is 1. The van der Waals surface area contributed by atoms with Gasteiger partial charge in [-0.1, -0.05) is 23.3 Å². The quantitative estimate of drug-likeness (QED) is 0.509. The third kappa shape index (κ3) is 3.76. The highest BCUT2D eigenvalue weighted by atomic mass is 32.2. The average molecular weight is 448 g/mol. The number of rotatable bonds is 7. The minimum atomic E-state index is -3.47. The fraction of sp³-hybridized carbons (Fsp3) is 0.550. The lowest BCUT2D eigenvalue weighted by molar-refractivity contribution is 0.346. The molecule has 10 heteroatoms. The van der Waals surface area contributed by atoms with Crippen LogP contribution in [-0.2, 0) is 22.3 Å². The SMILES string of the molecule is CCn1c(SCc2noc(C3CC3)n2)nc2cc(S(=O)(=O)N3CCCCC3)ccc21. The minimum Gasteiger partial charge on any atom is -0.339 e. The predicted molar refractivity (Wildman–Crippen MR) is 114 cm³/mol. The summed E-state index contributed by atoms with van der Waals surface area (Å²) in [5, 5.41) is 4.90. The lowest BCUT2D eigenvalue weighted by Gasteiger charge is -2.25. The van der Waals surface area contributed by atoms with Gasteiger partial charge in [0.2, 0.25) is 15.9 Å². The molecule has 0 amide bonds. The van der Waals surface area contributed by atoms with E-state index in [0.717, 1.165) is 55.2 Å². The van der Waals surface area contributed by atoms with Gasteiger partial charge >= 0.3 is 0 Å². The first-order valence-corrected chi connectivity index (χ1v) is 12.9. The lowest BCUT2D eigenvalue weighted by Crippen LogP contribution is -2.35. The number of hydrogen-bond acceptors (Lipinski definition) is 7. The van der Waals surface area contributed by atoms with E-state index in [0.29, 0.717) is 41.0 Å². The first-order chi connectivity index (χ1) is 14.6. The van der Waals surface area contributed by atoms with E-state index in [-0.39, 0.29) is 0 Å². The molecular weight excluding hydrogens is 422 g/mol. The molecule has 1 aliphatic carbocycles. The van der Waals surface area contributed by atoms with E-state index in [1.165, 1.54) is 0 Å². The summed E-state index contributed by atoms with van der Waals surface area (Å²) >= 11 is 1.54. The molecule has 2 fully saturated rings. The molecule has 2 aliphatic rings. The van der Waals surface area contributed by atoms with Crippen LogP contribution in [-0.4, -0.2) is 45.5 Å². The molecule has 2 aromatic heterocycles. The van der Waals surface area contributed by atoms with E-state index < -0.39 is 10.0 Å². The maximum absolute atomic E-state index is 13.0. The molecule has 30 heavy (non-hydrogen) atoms. The summed E-state index contributed by atoms with van der Waals surface area (Å²) in [4.78, 5) is 9.52. The molecule has 0 atom stereocenters. The van der Waals surface area contributed by atoms with Gasteiger partial charge in [-0.05, 0) is 50.8 Å². The van der Waals surface area contributed by atoms with E-state index in [2.05, 4.69) is 21.6 Å². The molecule has 0 spiro atoms. The number of aryl methyl sites for hydroxylation is 1. The fourth-order valence-electron chi connectivity index (χ4n) is 3.87. The minimum absolute atomic E-state index is 0.321. The Morgan fingerprint density at radius 3 is 2.70 bits per heavy atom. The topological polar surface area (TPSA) is 94.1 Å². The Kier molecular flexibility index (Phi) is 5.32. The van der Waals surface area contributed by atoms with Gasteiger partial charge in [0, 0.05) is 25.6 Å². The second-order valence-corrected chi connectivity index (χ2v) is 10.7. The zero-order valence-electron chi connectivity index (χ0n) is 17.0. The summed E-state index contributed by atoms with van der Waals surface area (Å²) in [5.41, 5.74) is 1.63. The van der Waals surface area contributed by atoms with E-state index in [4.69, 9.17) is 9.51 Å². The molecule has 1 saturated carbocycles. The van der Waals surface area contributed by atoms with Gasteiger partial charge in [-0.3, -0.25) is 0 Å². The van der Waals surface area contributed by atoms with Gasteiger partial charge < -0.3 is 9.09 Å². The molecule has 8 nitrogen and oxygen atoms in total. The van der Waals surface area contributed by atoms with Gasteiger partial charge in [-0.2, -0.15) is 9.29 Å². The van der Waals surface area contributed by atoms with Crippen molar-refractivity contribution in [3.8, 4) is 0 Å². The second-order valence-electron chi connectivity index (χ2n) is 7.87. The van der Waals surface area contributed by atoms with Crippen molar-refractivity contribution >= 4 is 32.8 Å². The summed E-state index contributed by atoms with van der Waals surface area (Å²) in [6.07, 6.45) is 5.19. The smallest absolute Gasteiger partial charge is 0.243 e. The van der Waals surface area contributed by atoms with Crippen molar-refractivity contribution in [3.63, 3.8) is 0 Å². The molecule has 0 radical (unpaired) electrons. The third-order valence-corrected chi connectivity index (χ3v) is 8.56. The molecule has 0 N–H and O–H groups in total. The van der Waals surface area contributed by atoms with Gasteiger partial charge in [0.15, 0.2) is 11.0 Å². The summed E-state index contributed by atoms with van der Waals surface area (Å²) in [5.74, 6) is 2.42. The van der Waals surface area contributed by atoms with Crippen molar-refractivity contribution < 1.29 is 12.9 Å². The van der Waals surface area contributed by atoms with Crippen LogP contribution in [0.15, 0.2) is 32.8 Å². The highest BCUT2D eigenvalue weighted by Gasteiger charge is 2.30. The highest BCUT2D eigenvalue weighted by molar-refractivity contribution is 7.98. The molecule has 0 unspecified atom stereocenters. The van der Waals surface area contributed by atoms with Crippen LogP contribution >= 0.6 is 11.8 Å². The number of piperidine rings is 1. The van der Waals surface area contributed by atoms with Crippen LogP contribution in [0.3, 0.4) is 0 Å². The molecule has 5 rings (SSSR count). The molecule has 1 saturated heterocycles. The molecule has 3 heterocycles. The maximum atomic E-state index is 13.0. The van der Waals surface area contributed by atoms with Crippen molar-refractivity contribution in [2.75, 3.05) is 13.1 Å². The number of aromatic nitrogens is 4. The predicted octanol–water partition coefficient (Wildman–Crippen LogP) is 3.78. The molecular formula is C20H25N5O3S2. The standard InChI is InChI=1S/C20H25N5O3S2/c1-2-25-17-9-8-15(30(26,27)24-10-4-3-5-11-24)12-16(17)21-20(25)29-13-18-22-19(28-23-18)14-6-7-14/h8-9,12,14H,2-7,10-11,13H2,1H3. The molecule has 3 aromatic rings. The van der Waals surface area contributed by atoms with Gasteiger partial charge in [0.05, 0.1) is 21.7 Å². The number of imidazole rings is 1. The number of sulfonamides is 1. The van der Waals surface area contributed by atoms with Crippen molar-refractivity contribution in [2.45, 2.75) is 67.3 Å². The molecule has 160 valence electrons. The van der Waals surface area contributed by atoms with E-state index in [1.54, 1.807) is 28.2 Å². The van der Waals surface area contributed by atoms with Crippen molar-refractivity contribution in [2.24, 2.45) is 0 Å². The van der Waals surface area contributed by atoms with Crippen LogP contribution < -0.4 is 0 Å². The lowest BCUT2D eigenvalue weighted by atomic mass is 10.2. The van der Waals surface area contributed by atoms with Crippen LogP contribution in [0.5, 0.6) is 0 Å². The van der Waals surface area contributed by atoms with E-state index in [9.17, 15) is 8.42 Å². The number of thioether (sulfide) groups is 1. The molecule has 0 bridgehead atoms. The first kappa shape index (κ1) is 20.0. The number of benzene rings is 1. The zero-order valence-corrected chi connectivity index (χ0v) is 18.6. The van der Waals surface area contributed by atoms with E-state index in [1.807, 2.05) is 6.07 Å². The van der Waals surface area contributed by atoms with E-state index >= 15 is 0 Å². The summed E-state index contributed by atoms with van der Waals surface area (Å²) < 4.78 is 35.1. The Balaban J connectivity index is 1.40. The van der Waals surface area contributed by atoms with Crippen molar-refractivity contribution in [3.05, 3.63) is 29.9 Å². The maximum Gasteiger partial charge on any atom is 0.243 e. The van der Waals surface area contributed by atoms with Crippen LogP contribution in [0.25, 0.3) is 11.0 Å². The number of hydrogen-bond donors (Lipinski definition) is 0. The Morgan fingerprint density at radius 2 is 1.97 bits per heavy atom. The summed E-state index contributed by atoms with van der Waals surface area (Å²) in [7, 11) is -3.47. The normalized spacial score (nSPS) is 18.3. The van der Waals surface area contributed by atoms with Gasteiger partial charge in [0.25, 0.3) is 0 Å². The van der Waals surface area contributed by atoms with Gasteiger partial charge in [0.1, 0.15) is 0 Å². The Labute approximate surface area is 180 Å². The summed E-state index contributed by atoms with van der Waals surface area (Å²) in [6, 6.07) is 5.27. The Bertz CT molecular complexity index is 1160. The monoisotopic (exact) mass is 447 g/mol. The van der Waals surface area contributed by atoms with Gasteiger partial charge in [-0.25, -0.2) is 13.4 Å². The third-order valence-electron chi connectivity index (χ3n) is 5.69. The van der Waals surface area contributed by atoms with Crippen LogP contribution in [0, 0.1) is 0 Å². The average Bonchev–Trinajstić information content (AvgIpc) is 3.40. The summed E-state index contributed by atoms with van der Waals surface area (Å²) in [6.45, 7) is 4.00. The highest BCUT2D eigenvalue weighted by Crippen LogP contribution is 2.39.